The van der Waals surface area contributed by atoms with Crippen molar-refractivity contribution < 1.29 is 4.79 Å². The number of nitrogens with zero attached hydrogens (tertiary/aromatic N) is 1. The van der Waals surface area contributed by atoms with Gasteiger partial charge in [0.1, 0.15) is 5.66 Å². The highest BCUT2D eigenvalue weighted by atomic mass is 16.2. The Balaban J connectivity index is 2.49. The maximum absolute atomic E-state index is 12.2. The van der Waals surface area contributed by atoms with Crippen LogP contribution in [0.1, 0.15) is 31.1 Å². The van der Waals surface area contributed by atoms with Crippen molar-refractivity contribution in [2.45, 2.75) is 26.4 Å². The van der Waals surface area contributed by atoms with Gasteiger partial charge < -0.3 is 5.32 Å². The number of nitrogens with one attached hydrogen (secondary N) is 2. The number of benzene rings is 1. The minimum atomic E-state index is -0.336. The molecule has 0 aliphatic carbocycles. The molecule has 4 heteroatoms. The number of anilines is 1. The van der Waals surface area contributed by atoms with Crippen LogP contribution in [-0.4, -0.2) is 23.6 Å². The summed E-state index contributed by atoms with van der Waals surface area (Å²) in [6.07, 6.45) is 0. The third-order valence-electron chi connectivity index (χ3n) is 3.41. The Morgan fingerprint density at radius 2 is 1.94 bits per heavy atom. The van der Waals surface area contributed by atoms with Crippen LogP contribution in [0.5, 0.6) is 0 Å². The minimum Gasteiger partial charge on any atom is -0.365 e. The van der Waals surface area contributed by atoms with Crippen LogP contribution in [0.25, 0.3) is 0 Å². The van der Waals surface area contributed by atoms with Crippen LogP contribution in [0, 0.1) is 5.92 Å². The zero-order valence-electron chi connectivity index (χ0n) is 10.7. The molecule has 0 fully saturated rings. The van der Waals surface area contributed by atoms with E-state index in [1.54, 1.807) is 12.1 Å². The van der Waals surface area contributed by atoms with Gasteiger partial charge in [-0.05, 0) is 25.0 Å². The molecule has 1 amide bonds. The molecule has 1 aromatic rings. The summed E-state index contributed by atoms with van der Waals surface area (Å²) in [5.74, 6) is 0.321. The van der Waals surface area contributed by atoms with Gasteiger partial charge in [0.15, 0.2) is 0 Å². The van der Waals surface area contributed by atoms with E-state index in [0.717, 1.165) is 5.69 Å². The van der Waals surface area contributed by atoms with Gasteiger partial charge in [-0.2, -0.15) is 0 Å². The molecule has 0 aromatic heterocycles. The highest BCUT2D eigenvalue weighted by Gasteiger charge is 2.35. The minimum absolute atomic E-state index is 0.0162. The monoisotopic (exact) mass is 233 g/mol. The Kier molecular flexibility index (Phi) is 2.83. The fraction of sp³-hybridized carbons (Fsp3) is 0.462. The van der Waals surface area contributed by atoms with Crippen molar-refractivity contribution >= 4 is 11.6 Å². The maximum atomic E-state index is 12.2. The zero-order valence-corrected chi connectivity index (χ0v) is 10.7. The second kappa shape index (κ2) is 4.04. The molecule has 1 aliphatic rings. The normalized spacial score (nSPS) is 24.3. The lowest BCUT2D eigenvalue weighted by atomic mass is 9.98. The van der Waals surface area contributed by atoms with Crippen LogP contribution >= 0.6 is 0 Å². The summed E-state index contributed by atoms with van der Waals surface area (Å²) < 4.78 is 0. The topological polar surface area (TPSA) is 44.4 Å². The second-order valence-electron chi connectivity index (χ2n) is 5.00. The number of hydrazine groups is 1. The van der Waals surface area contributed by atoms with E-state index in [9.17, 15) is 4.79 Å². The Morgan fingerprint density at radius 1 is 1.29 bits per heavy atom. The fourth-order valence-corrected chi connectivity index (χ4v) is 1.94. The molecule has 1 heterocycles. The second-order valence-corrected chi connectivity index (χ2v) is 5.00. The summed E-state index contributed by atoms with van der Waals surface area (Å²) in [6, 6.07) is 7.60. The third kappa shape index (κ3) is 2.00. The first-order chi connectivity index (χ1) is 7.94. The molecule has 0 saturated carbocycles. The summed E-state index contributed by atoms with van der Waals surface area (Å²) in [6.45, 7) is 6.29. The third-order valence-corrected chi connectivity index (χ3v) is 3.41. The average Bonchev–Trinajstić information content (AvgIpc) is 2.37. The van der Waals surface area contributed by atoms with Crippen molar-refractivity contribution in [3.63, 3.8) is 0 Å². The molecule has 4 nitrogen and oxygen atoms in total. The van der Waals surface area contributed by atoms with Gasteiger partial charge in [-0.1, -0.05) is 26.0 Å². The SMILES string of the molecule is CC(C)C1(C)Nc2ccccc2C(=O)N(C)N1. The first-order valence-electron chi connectivity index (χ1n) is 5.87. The molecule has 1 aromatic carbocycles. The van der Waals surface area contributed by atoms with E-state index in [-0.39, 0.29) is 11.6 Å². The van der Waals surface area contributed by atoms with Crippen LogP contribution in [0.2, 0.25) is 0 Å². The molecule has 17 heavy (non-hydrogen) atoms. The van der Waals surface area contributed by atoms with Gasteiger partial charge in [0.05, 0.1) is 5.56 Å². The lowest BCUT2D eigenvalue weighted by Gasteiger charge is -2.37. The Labute approximate surface area is 102 Å². The number of carbonyl (C=O) groups excluding carboxylic acids is 1. The number of hydrogen-bond acceptors (Lipinski definition) is 3. The van der Waals surface area contributed by atoms with E-state index in [1.165, 1.54) is 0 Å². The summed E-state index contributed by atoms with van der Waals surface area (Å²) in [5, 5.41) is 4.98. The van der Waals surface area contributed by atoms with Crippen LogP contribution in [0.4, 0.5) is 5.69 Å². The molecule has 1 unspecified atom stereocenters. The van der Waals surface area contributed by atoms with E-state index in [0.29, 0.717) is 11.5 Å². The average molecular weight is 233 g/mol. The van der Waals surface area contributed by atoms with E-state index in [4.69, 9.17) is 0 Å². The van der Waals surface area contributed by atoms with Crippen molar-refractivity contribution in [3.8, 4) is 0 Å². The highest BCUT2D eigenvalue weighted by Crippen LogP contribution is 2.27. The number of amides is 1. The van der Waals surface area contributed by atoms with Crippen molar-refractivity contribution in [2.75, 3.05) is 12.4 Å². The molecular weight excluding hydrogens is 214 g/mol. The summed E-state index contributed by atoms with van der Waals surface area (Å²) >= 11 is 0. The van der Waals surface area contributed by atoms with Crippen LogP contribution in [0.15, 0.2) is 24.3 Å². The number of para-hydroxylation sites is 1. The van der Waals surface area contributed by atoms with Gasteiger partial charge in [0.25, 0.3) is 5.91 Å². The van der Waals surface area contributed by atoms with Crippen molar-refractivity contribution in [3.05, 3.63) is 29.8 Å². The number of fused-ring (bicyclic) bond motifs is 1. The van der Waals surface area contributed by atoms with Crippen molar-refractivity contribution in [1.29, 1.82) is 0 Å². The van der Waals surface area contributed by atoms with Crippen LogP contribution in [0.3, 0.4) is 0 Å². The zero-order chi connectivity index (χ0) is 12.6. The summed E-state index contributed by atoms with van der Waals surface area (Å²) in [4.78, 5) is 12.2. The molecule has 0 saturated heterocycles. The molecular formula is C13H19N3O. The molecule has 2 N–H and O–H groups in total. The van der Waals surface area contributed by atoms with Crippen LogP contribution in [-0.2, 0) is 0 Å². The standard InChI is InChI=1S/C13H19N3O/c1-9(2)13(3)14-11-8-6-5-7-10(11)12(17)16(4)15-13/h5-9,14-15H,1-4H3. The molecule has 92 valence electrons. The predicted molar refractivity (Wildman–Crippen MR) is 68.5 cm³/mol. The first-order valence-corrected chi connectivity index (χ1v) is 5.87. The van der Waals surface area contributed by atoms with Gasteiger partial charge in [-0.25, -0.2) is 5.43 Å². The molecule has 0 radical (unpaired) electrons. The quantitative estimate of drug-likeness (QED) is 0.780. The van der Waals surface area contributed by atoms with Gasteiger partial charge in [-0.15, -0.1) is 0 Å². The van der Waals surface area contributed by atoms with E-state index in [1.807, 2.05) is 24.3 Å². The maximum Gasteiger partial charge on any atom is 0.269 e. The largest absolute Gasteiger partial charge is 0.365 e. The number of hydrogen-bond donors (Lipinski definition) is 2. The number of carbonyl (C=O) groups is 1. The van der Waals surface area contributed by atoms with Gasteiger partial charge >= 0.3 is 0 Å². The van der Waals surface area contributed by atoms with Crippen molar-refractivity contribution in [2.24, 2.45) is 5.92 Å². The molecule has 0 bridgehead atoms. The molecule has 2 rings (SSSR count). The van der Waals surface area contributed by atoms with Gasteiger partial charge in [-0.3, -0.25) is 9.80 Å². The predicted octanol–water partition coefficient (Wildman–Crippen LogP) is 2.06. The summed E-state index contributed by atoms with van der Waals surface area (Å²) in [7, 11) is 1.76. The molecule has 1 aliphatic heterocycles. The number of rotatable bonds is 1. The Bertz CT molecular complexity index is 444. The van der Waals surface area contributed by atoms with E-state index >= 15 is 0 Å². The van der Waals surface area contributed by atoms with Crippen molar-refractivity contribution in [1.82, 2.24) is 10.4 Å². The molecule has 1 atom stereocenters. The lowest BCUT2D eigenvalue weighted by Crippen LogP contribution is -2.58. The Morgan fingerprint density at radius 3 is 2.59 bits per heavy atom. The smallest absolute Gasteiger partial charge is 0.269 e. The highest BCUT2D eigenvalue weighted by molar-refractivity contribution is 5.99. The summed E-state index contributed by atoms with van der Waals surface area (Å²) in [5.41, 5.74) is 4.47. The van der Waals surface area contributed by atoms with E-state index < -0.39 is 0 Å². The van der Waals surface area contributed by atoms with Gasteiger partial charge in [0, 0.05) is 12.7 Å². The van der Waals surface area contributed by atoms with Gasteiger partial charge in [0.2, 0.25) is 0 Å². The Hall–Kier alpha value is -1.55. The first kappa shape index (κ1) is 11.9. The van der Waals surface area contributed by atoms with Crippen LogP contribution < -0.4 is 10.7 Å². The molecule has 0 spiro atoms. The lowest BCUT2D eigenvalue weighted by molar-refractivity contribution is 0.0610. The fourth-order valence-electron chi connectivity index (χ4n) is 1.94. The van der Waals surface area contributed by atoms with E-state index in [2.05, 4.69) is 31.5 Å².